The monoisotopic (exact) mass is 287 g/mol. The normalized spacial score (nSPS) is 21.6. The third-order valence-corrected chi connectivity index (χ3v) is 3.11. The molecule has 2 unspecified atom stereocenters. The van der Waals surface area contributed by atoms with Crippen LogP contribution in [-0.2, 0) is 16.0 Å². The summed E-state index contributed by atoms with van der Waals surface area (Å²) in [5, 5.41) is 2.68. The highest BCUT2D eigenvalue weighted by molar-refractivity contribution is 5.77. The Hall–Kier alpha value is -1.56. The molecule has 2 atom stereocenters. The van der Waals surface area contributed by atoms with Crippen molar-refractivity contribution >= 4 is 5.91 Å². The van der Waals surface area contributed by atoms with Crippen LogP contribution in [0.5, 0.6) is 0 Å². The summed E-state index contributed by atoms with van der Waals surface area (Å²) in [4.78, 5) is 11.4. The minimum absolute atomic E-state index is 0.0530. The molecule has 0 bridgehead atoms. The highest BCUT2D eigenvalue weighted by Crippen LogP contribution is 2.33. The Labute approximate surface area is 115 Å². The standard InChI is InChI=1S/C14H16F3NO2/c15-14(16,17)9-20-8-13(19)18-12-7-11(12)6-10-4-2-1-3-5-10/h1-5,11-12H,6-9H2,(H,18,19). The van der Waals surface area contributed by atoms with Gasteiger partial charge in [-0.15, -0.1) is 0 Å². The van der Waals surface area contributed by atoms with Crippen LogP contribution in [0.2, 0.25) is 0 Å². The average Bonchev–Trinajstić information content (AvgIpc) is 3.06. The van der Waals surface area contributed by atoms with E-state index in [1.165, 1.54) is 5.56 Å². The van der Waals surface area contributed by atoms with E-state index in [1.807, 2.05) is 30.3 Å². The van der Waals surface area contributed by atoms with Gasteiger partial charge in [0, 0.05) is 6.04 Å². The Morgan fingerprint density at radius 2 is 2.00 bits per heavy atom. The van der Waals surface area contributed by atoms with Gasteiger partial charge >= 0.3 is 6.18 Å². The molecular weight excluding hydrogens is 271 g/mol. The maximum atomic E-state index is 11.8. The van der Waals surface area contributed by atoms with Crippen molar-refractivity contribution in [3.63, 3.8) is 0 Å². The van der Waals surface area contributed by atoms with Crippen molar-refractivity contribution in [1.82, 2.24) is 5.32 Å². The summed E-state index contributed by atoms with van der Waals surface area (Å²) in [5.74, 6) is -0.126. The molecule has 0 radical (unpaired) electrons. The van der Waals surface area contributed by atoms with Gasteiger partial charge in [-0.3, -0.25) is 4.79 Å². The van der Waals surface area contributed by atoms with E-state index in [-0.39, 0.29) is 6.04 Å². The molecule has 110 valence electrons. The second-order valence-electron chi connectivity index (χ2n) is 4.97. The van der Waals surface area contributed by atoms with E-state index >= 15 is 0 Å². The average molecular weight is 287 g/mol. The molecular formula is C14H16F3NO2. The van der Waals surface area contributed by atoms with Gasteiger partial charge in [-0.25, -0.2) is 0 Å². The molecule has 2 rings (SSSR count). The summed E-state index contributed by atoms with van der Waals surface area (Å²) < 4.78 is 39.8. The van der Waals surface area contributed by atoms with Crippen molar-refractivity contribution in [3.05, 3.63) is 35.9 Å². The number of hydrogen-bond donors (Lipinski definition) is 1. The van der Waals surface area contributed by atoms with Crippen LogP contribution in [0, 0.1) is 5.92 Å². The predicted molar refractivity (Wildman–Crippen MR) is 67.1 cm³/mol. The lowest BCUT2D eigenvalue weighted by Gasteiger charge is -2.08. The second kappa shape index (κ2) is 6.26. The highest BCUT2D eigenvalue weighted by Gasteiger charge is 2.38. The van der Waals surface area contributed by atoms with Crippen LogP contribution in [0.1, 0.15) is 12.0 Å². The molecule has 20 heavy (non-hydrogen) atoms. The highest BCUT2D eigenvalue weighted by atomic mass is 19.4. The molecule has 3 nitrogen and oxygen atoms in total. The molecule has 1 aliphatic rings. The van der Waals surface area contributed by atoms with Gasteiger partial charge in [0.15, 0.2) is 0 Å². The van der Waals surface area contributed by atoms with Crippen molar-refractivity contribution in [2.75, 3.05) is 13.2 Å². The molecule has 1 saturated carbocycles. The summed E-state index contributed by atoms with van der Waals surface area (Å²) in [7, 11) is 0. The van der Waals surface area contributed by atoms with Gasteiger partial charge in [-0.2, -0.15) is 13.2 Å². The minimum atomic E-state index is -4.39. The van der Waals surface area contributed by atoms with Crippen molar-refractivity contribution in [1.29, 1.82) is 0 Å². The summed E-state index contributed by atoms with van der Waals surface area (Å²) in [6.07, 6.45) is -2.66. The van der Waals surface area contributed by atoms with Crippen molar-refractivity contribution in [2.45, 2.75) is 25.1 Å². The van der Waals surface area contributed by atoms with Crippen LogP contribution >= 0.6 is 0 Å². The molecule has 1 N–H and O–H groups in total. The van der Waals surface area contributed by atoms with Gasteiger partial charge in [-0.05, 0) is 24.3 Å². The van der Waals surface area contributed by atoms with Crippen LogP contribution in [-0.4, -0.2) is 31.3 Å². The van der Waals surface area contributed by atoms with Crippen molar-refractivity contribution in [3.8, 4) is 0 Å². The third kappa shape index (κ3) is 5.21. The Bertz CT molecular complexity index is 447. The van der Waals surface area contributed by atoms with E-state index in [1.54, 1.807) is 0 Å². The Morgan fingerprint density at radius 3 is 2.65 bits per heavy atom. The lowest BCUT2D eigenvalue weighted by atomic mass is 10.1. The lowest BCUT2D eigenvalue weighted by molar-refractivity contribution is -0.175. The molecule has 1 aliphatic carbocycles. The maximum Gasteiger partial charge on any atom is 0.411 e. The molecule has 0 heterocycles. The number of alkyl halides is 3. The number of carbonyl (C=O) groups is 1. The molecule has 1 amide bonds. The first-order valence-corrected chi connectivity index (χ1v) is 6.42. The van der Waals surface area contributed by atoms with Crippen LogP contribution in [0.4, 0.5) is 13.2 Å². The number of halogens is 3. The number of amides is 1. The fraction of sp³-hybridized carbons (Fsp3) is 0.500. The van der Waals surface area contributed by atoms with E-state index < -0.39 is 25.3 Å². The van der Waals surface area contributed by atoms with Gasteiger partial charge in [0.05, 0.1) is 0 Å². The topological polar surface area (TPSA) is 38.3 Å². The fourth-order valence-corrected chi connectivity index (χ4v) is 2.07. The van der Waals surface area contributed by atoms with Crippen LogP contribution < -0.4 is 5.32 Å². The first-order chi connectivity index (χ1) is 9.44. The van der Waals surface area contributed by atoms with Crippen molar-refractivity contribution in [2.24, 2.45) is 5.92 Å². The molecule has 0 aliphatic heterocycles. The van der Waals surface area contributed by atoms with E-state index in [9.17, 15) is 18.0 Å². The molecule has 6 heteroatoms. The van der Waals surface area contributed by atoms with E-state index in [0.717, 1.165) is 12.8 Å². The van der Waals surface area contributed by atoms with Gasteiger partial charge in [0.25, 0.3) is 0 Å². The maximum absolute atomic E-state index is 11.8. The van der Waals surface area contributed by atoms with Gasteiger partial charge in [0.2, 0.25) is 5.91 Å². The van der Waals surface area contributed by atoms with Gasteiger partial charge in [-0.1, -0.05) is 30.3 Å². The lowest BCUT2D eigenvalue weighted by Crippen LogP contribution is -2.32. The first kappa shape index (κ1) is 14.8. The number of benzene rings is 1. The summed E-state index contributed by atoms with van der Waals surface area (Å²) in [5.41, 5.74) is 1.20. The number of ether oxygens (including phenoxy) is 1. The SMILES string of the molecule is O=C(COCC(F)(F)F)NC1CC1Cc1ccccc1. The smallest absolute Gasteiger partial charge is 0.362 e. The number of nitrogens with one attached hydrogen (secondary N) is 1. The van der Waals surface area contributed by atoms with Gasteiger partial charge in [0.1, 0.15) is 13.2 Å². The molecule has 1 fully saturated rings. The first-order valence-electron chi connectivity index (χ1n) is 6.42. The van der Waals surface area contributed by atoms with Crippen LogP contribution in [0.25, 0.3) is 0 Å². The molecule has 1 aromatic rings. The molecule has 0 spiro atoms. The van der Waals surface area contributed by atoms with E-state index in [4.69, 9.17) is 0 Å². The quantitative estimate of drug-likeness (QED) is 0.872. The second-order valence-corrected chi connectivity index (χ2v) is 4.97. The Morgan fingerprint density at radius 1 is 1.30 bits per heavy atom. The third-order valence-electron chi connectivity index (χ3n) is 3.11. The van der Waals surface area contributed by atoms with Gasteiger partial charge < -0.3 is 10.1 Å². The Balaban J connectivity index is 1.63. The van der Waals surface area contributed by atoms with Crippen LogP contribution in [0.3, 0.4) is 0 Å². The molecule has 0 saturated heterocycles. The number of carbonyl (C=O) groups excluding carboxylic acids is 1. The largest absolute Gasteiger partial charge is 0.411 e. The fourth-order valence-electron chi connectivity index (χ4n) is 2.07. The predicted octanol–water partition coefficient (Wildman–Crippen LogP) is 2.31. The number of hydrogen-bond acceptors (Lipinski definition) is 2. The van der Waals surface area contributed by atoms with E-state index in [2.05, 4.69) is 10.1 Å². The minimum Gasteiger partial charge on any atom is -0.362 e. The molecule has 0 aromatic heterocycles. The summed E-state index contributed by atoms with van der Waals surface area (Å²) in [6.45, 7) is -1.94. The molecule has 1 aromatic carbocycles. The van der Waals surface area contributed by atoms with Crippen molar-refractivity contribution < 1.29 is 22.7 Å². The number of rotatable bonds is 6. The zero-order chi connectivity index (χ0) is 14.6. The zero-order valence-corrected chi connectivity index (χ0v) is 10.8. The van der Waals surface area contributed by atoms with E-state index in [0.29, 0.717) is 5.92 Å². The summed E-state index contributed by atoms with van der Waals surface area (Å²) >= 11 is 0. The zero-order valence-electron chi connectivity index (χ0n) is 10.8. The Kier molecular flexibility index (Phi) is 4.65. The summed E-state index contributed by atoms with van der Waals surface area (Å²) in [6, 6.07) is 9.94. The van der Waals surface area contributed by atoms with Crippen LogP contribution in [0.15, 0.2) is 30.3 Å².